The molecule has 668 valence electrons. The van der Waals surface area contributed by atoms with E-state index in [1.54, 1.807) is 33.5 Å². The molecule has 8 heterocycles. The normalized spacial score (nSPS) is 18.6. The van der Waals surface area contributed by atoms with Crippen molar-refractivity contribution in [2.24, 2.45) is 0 Å². The van der Waals surface area contributed by atoms with Crippen molar-refractivity contribution < 1.29 is 95.1 Å². The van der Waals surface area contributed by atoms with Gasteiger partial charge in [-0.15, -0.1) is 0 Å². The van der Waals surface area contributed by atoms with Gasteiger partial charge in [0.15, 0.2) is 19.6 Å². The Morgan fingerprint density at radius 1 is 0.379 bits per heavy atom. The van der Waals surface area contributed by atoms with E-state index < -0.39 is 64.2 Å². The zero-order chi connectivity index (χ0) is 88.2. The summed E-state index contributed by atoms with van der Waals surface area (Å²) in [5, 5.41) is 27.9. The molecular weight excluding hydrogens is 1710 g/mol. The van der Waals surface area contributed by atoms with Crippen LogP contribution in [0.3, 0.4) is 0 Å². The Hall–Kier alpha value is -10.1. The second kappa shape index (κ2) is 36.1. The number of nitrogens with one attached hydrogen (secondary N) is 8. The summed E-state index contributed by atoms with van der Waals surface area (Å²) in [6, 6.07) is 0.249. The SMILES string of the molecule is COC1COc2c(S(=O)(=O)NC(=O)Nc3c(C(C)C)cc(Cl)cc3C(C)C)cnn2C1.COC1COc2c(S(=O)(=O)NC(=O)Nc3c4c(c(C)c5c3CCC5)CCC4)cnn2C1.COC1COc2c(S(=O)(=O)NC(=O)Nc3c4c(c(C)c5c3CCC5)CCC4)cnn2C1.COC1COc2c(S(=O)(=O)NC(=O)Nc3c4c(c(F)c5c3CCC5)CCC4)cnn2C1. The van der Waals surface area contributed by atoms with Gasteiger partial charge in [-0.25, -0.2) is 94.9 Å². The Morgan fingerprint density at radius 2 is 0.597 bits per heavy atom. The highest BCUT2D eigenvalue weighted by Gasteiger charge is 2.40. The maximum absolute atomic E-state index is 14.8. The van der Waals surface area contributed by atoms with Crippen LogP contribution in [0.1, 0.15) is 167 Å². The average molecular weight is 1810 g/mol. The largest absolute Gasteiger partial charge is 0.474 e. The van der Waals surface area contributed by atoms with Gasteiger partial charge in [-0.2, -0.15) is 20.4 Å². The molecule has 4 atom stereocenters. The van der Waals surface area contributed by atoms with E-state index in [-0.39, 0.29) is 112 Å². The maximum Gasteiger partial charge on any atom is 0.333 e. The number of hydrogen-bond acceptors (Lipinski definition) is 24. The standard InChI is InChI=1S/2C21H26N4O5S.C20H27ClN4O5S.C20H23FN4O5S/c2*1-12-14-5-3-7-16(14)19(17-8-4-6-15(12)17)23-21(26)24-31(27,28)18-9-22-25-10-13(29-2)11-30-20(18)25;1-11(2)15-6-13(21)7-16(12(3)4)18(15)23-20(26)24-31(27,28)17-8-22-25-9-14(29-5)10-30-19(17)25;1-29-11-9-25-19(30-10-11)16(8-22-25)31(27,28)24-20(26)23-18-14-6-2-4-12(14)17(21)13-5-3-7-15(13)18/h2*9,13H,3-8,10-11H2,1-2H3,(H2,23,24,26);6-8,11-12,14H,9-10H2,1-5H3,(H2,23,24,26);8,11H,2-7,9-10H2,1H3,(H2,23,24,26). The van der Waals surface area contributed by atoms with Crippen molar-refractivity contribution in [1.29, 1.82) is 0 Å². The first-order valence-electron chi connectivity index (χ1n) is 41.4. The van der Waals surface area contributed by atoms with Crippen LogP contribution >= 0.6 is 11.6 Å². The Kier molecular flexibility index (Phi) is 25.8. The summed E-state index contributed by atoms with van der Waals surface area (Å²) in [5.41, 5.74) is 19.8. The van der Waals surface area contributed by atoms with Gasteiger partial charge in [0.1, 0.15) is 56.7 Å². The molecule has 0 saturated heterocycles. The predicted octanol–water partition coefficient (Wildman–Crippen LogP) is 9.79. The lowest BCUT2D eigenvalue weighted by Crippen LogP contribution is -2.36. The summed E-state index contributed by atoms with van der Waals surface area (Å²) in [6.45, 7) is 14.5. The molecule has 36 nitrogen and oxygen atoms in total. The lowest BCUT2D eigenvalue weighted by molar-refractivity contribution is 0.0165. The number of fused-ring (bicyclic) bond motifs is 10. The number of urea groups is 4. The number of benzene rings is 4. The third-order valence-corrected chi connectivity index (χ3v) is 29.9. The lowest BCUT2D eigenvalue weighted by atomic mass is 9.92. The Bertz CT molecular complexity index is 5480. The smallest absolute Gasteiger partial charge is 0.333 e. The fraction of sp³-hybridized carbons (Fsp3) is 0.512. The number of anilines is 4. The number of methoxy groups -OCH3 is 4. The van der Waals surface area contributed by atoms with E-state index in [1.807, 2.05) is 32.4 Å². The van der Waals surface area contributed by atoms with Gasteiger partial charge in [-0.1, -0.05) is 39.3 Å². The van der Waals surface area contributed by atoms with Gasteiger partial charge in [-0.05, 0) is 242 Å². The van der Waals surface area contributed by atoms with Crippen LogP contribution in [0.4, 0.5) is 46.3 Å². The van der Waals surface area contributed by atoms with Gasteiger partial charge in [-0.3, -0.25) is 0 Å². The van der Waals surface area contributed by atoms with Gasteiger partial charge in [0.05, 0.1) is 51.0 Å². The van der Waals surface area contributed by atoms with Crippen LogP contribution in [0.25, 0.3) is 0 Å². The van der Waals surface area contributed by atoms with Crippen molar-refractivity contribution in [3.63, 3.8) is 0 Å². The summed E-state index contributed by atoms with van der Waals surface area (Å²) < 4.78 is 175. The topological polar surface area (TPSA) is 446 Å². The molecule has 0 saturated carbocycles. The molecule has 4 aromatic carbocycles. The fourth-order valence-electron chi connectivity index (χ4n) is 18.3. The third kappa shape index (κ3) is 17.8. The molecule has 6 aliphatic carbocycles. The molecule has 0 radical (unpaired) electrons. The Balaban J connectivity index is 0.000000128. The van der Waals surface area contributed by atoms with Crippen LogP contribution in [0.2, 0.25) is 5.02 Å². The number of halogens is 2. The number of ether oxygens (including phenoxy) is 8. The van der Waals surface area contributed by atoms with Crippen LogP contribution < -0.4 is 59.1 Å². The number of aromatic nitrogens is 8. The average Bonchev–Trinajstić information content (AvgIpc) is 1.60. The highest BCUT2D eigenvalue weighted by atomic mass is 35.5. The molecule has 8 N–H and O–H groups in total. The quantitative estimate of drug-likeness (QED) is 0.0396. The number of amides is 8. The minimum absolute atomic E-state index is 0.0629. The van der Waals surface area contributed by atoms with Gasteiger partial charge in [0, 0.05) is 56.2 Å². The molecule has 42 heteroatoms. The summed E-state index contributed by atoms with van der Waals surface area (Å²) in [5.74, 6) is 0.344. The number of rotatable bonds is 18. The van der Waals surface area contributed by atoms with Crippen molar-refractivity contribution in [2.75, 3.05) is 76.1 Å². The van der Waals surface area contributed by atoms with Crippen LogP contribution in [-0.2, 0) is 162 Å². The highest BCUT2D eigenvalue weighted by molar-refractivity contribution is 7.91. The third-order valence-electron chi connectivity index (χ3n) is 24.4. The van der Waals surface area contributed by atoms with E-state index in [4.69, 9.17) is 49.5 Å². The first-order valence-corrected chi connectivity index (χ1v) is 47.7. The van der Waals surface area contributed by atoms with Crippen molar-refractivity contribution >= 4 is 98.6 Å². The van der Waals surface area contributed by atoms with Crippen LogP contribution in [0.5, 0.6) is 23.5 Å². The van der Waals surface area contributed by atoms with Gasteiger partial charge in [0.2, 0.25) is 23.5 Å². The molecule has 124 heavy (non-hydrogen) atoms. The van der Waals surface area contributed by atoms with Gasteiger partial charge >= 0.3 is 24.1 Å². The molecular formula is C82H102ClFN16O20S4. The van der Waals surface area contributed by atoms with Crippen molar-refractivity contribution in [3.05, 3.63) is 137 Å². The van der Waals surface area contributed by atoms with E-state index in [0.29, 0.717) is 79.4 Å². The van der Waals surface area contributed by atoms with Crippen LogP contribution in [0.15, 0.2) is 56.5 Å². The molecule has 0 fully saturated rings. The van der Waals surface area contributed by atoms with Crippen LogP contribution in [0, 0.1) is 19.7 Å². The fourth-order valence-corrected chi connectivity index (χ4v) is 22.5. The zero-order valence-electron chi connectivity index (χ0n) is 70.4. The first-order chi connectivity index (χ1) is 59.2. The Morgan fingerprint density at radius 3 is 0.831 bits per heavy atom. The zero-order valence-corrected chi connectivity index (χ0v) is 74.5. The summed E-state index contributed by atoms with van der Waals surface area (Å²) in [6.07, 6.45) is 19.9. The molecule has 18 rings (SSSR count). The van der Waals surface area contributed by atoms with Crippen LogP contribution in [-0.4, -0.2) is 176 Å². The highest BCUT2D eigenvalue weighted by Crippen LogP contribution is 2.46. The van der Waals surface area contributed by atoms with Crippen molar-refractivity contribution in [2.45, 2.75) is 239 Å². The number of hydrogen-bond donors (Lipinski definition) is 8. The monoisotopic (exact) mass is 1810 g/mol. The maximum atomic E-state index is 14.8. The second-order valence-corrected chi connectivity index (χ2v) is 39.8. The molecule has 8 aromatic rings. The predicted molar refractivity (Wildman–Crippen MR) is 452 cm³/mol. The number of carbonyl (C=O) groups excluding carboxylic acids is 4. The van der Waals surface area contributed by atoms with Gasteiger partial charge in [0.25, 0.3) is 40.1 Å². The van der Waals surface area contributed by atoms with E-state index in [2.05, 4.69) is 69.7 Å². The molecule has 0 bridgehead atoms. The molecule has 0 spiro atoms. The van der Waals surface area contributed by atoms with E-state index >= 15 is 0 Å². The minimum atomic E-state index is -4.22. The van der Waals surface area contributed by atoms with Gasteiger partial charge < -0.3 is 59.2 Å². The summed E-state index contributed by atoms with van der Waals surface area (Å²) >= 11 is 6.25. The minimum Gasteiger partial charge on any atom is -0.474 e. The van der Waals surface area contributed by atoms with E-state index in [9.17, 15) is 57.2 Å². The molecule has 8 amide bonds. The number of carbonyl (C=O) groups is 4. The summed E-state index contributed by atoms with van der Waals surface area (Å²) in [4.78, 5) is 50.2. The molecule has 10 aliphatic rings. The van der Waals surface area contributed by atoms with E-state index in [0.717, 1.165) is 158 Å². The second-order valence-electron chi connectivity index (χ2n) is 32.7. The van der Waals surface area contributed by atoms with Crippen molar-refractivity contribution in [1.82, 2.24) is 58.0 Å². The number of nitrogens with zero attached hydrogens (tertiary/aromatic N) is 8. The van der Waals surface area contributed by atoms with Crippen molar-refractivity contribution in [3.8, 4) is 23.5 Å². The van der Waals surface area contributed by atoms with E-state index in [1.165, 1.54) is 71.6 Å². The lowest BCUT2D eigenvalue weighted by Gasteiger charge is -2.23. The summed E-state index contributed by atoms with van der Waals surface area (Å²) in [7, 11) is -10.5. The molecule has 4 aliphatic heterocycles. The Labute approximate surface area is 722 Å². The molecule has 4 unspecified atom stereocenters. The number of sulfonamides is 4. The first kappa shape index (κ1) is 88.7. The molecule has 4 aromatic heterocycles.